The van der Waals surface area contributed by atoms with Gasteiger partial charge in [0.25, 0.3) is 0 Å². The largest absolute Gasteiger partial charge is 0.295 e. The van der Waals surface area contributed by atoms with Crippen molar-refractivity contribution in [3.63, 3.8) is 0 Å². The molecule has 0 spiro atoms. The van der Waals surface area contributed by atoms with E-state index < -0.39 is 0 Å². The zero-order valence-electron chi connectivity index (χ0n) is 11.1. The minimum Gasteiger partial charge on any atom is -0.295 e. The van der Waals surface area contributed by atoms with Gasteiger partial charge in [-0.1, -0.05) is 35.9 Å². The number of benzene rings is 2. The van der Waals surface area contributed by atoms with Crippen LogP contribution in [0.3, 0.4) is 0 Å². The third kappa shape index (κ3) is 2.19. The van der Waals surface area contributed by atoms with Crippen molar-refractivity contribution in [2.75, 3.05) is 5.88 Å². The van der Waals surface area contributed by atoms with Gasteiger partial charge in [-0.3, -0.25) is 4.57 Å². The molecule has 3 aromatic rings. The SMILES string of the molecule is Cc1cccc2c1nc(CCCl)n2-c1ccccc1Cl. The van der Waals surface area contributed by atoms with E-state index >= 15 is 0 Å². The molecule has 102 valence electrons. The highest BCUT2D eigenvalue weighted by atomic mass is 35.5. The standard InChI is InChI=1S/C16H14Cl2N2/c1-11-5-4-8-14-16(11)19-15(9-10-17)20(14)13-7-3-2-6-12(13)18/h2-8H,9-10H2,1H3. The summed E-state index contributed by atoms with van der Waals surface area (Å²) in [6, 6.07) is 14.0. The van der Waals surface area contributed by atoms with Crippen molar-refractivity contribution in [3.8, 4) is 5.69 Å². The van der Waals surface area contributed by atoms with Crippen LogP contribution in [0, 0.1) is 6.92 Å². The third-order valence-electron chi connectivity index (χ3n) is 3.37. The number of alkyl halides is 1. The Labute approximate surface area is 128 Å². The summed E-state index contributed by atoms with van der Waals surface area (Å²) >= 11 is 12.3. The molecule has 2 nitrogen and oxygen atoms in total. The van der Waals surface area contributed by atoms with E-state index in [0.29, 0.717) is 17.3 Å². The number of hydrogen-bond donors (Lipinski definition) is 0. The molecule has 0 amide bonds. The van der Waals surface area contributed by atoms with Crippen molar-refractivity contribution in [2.45, 2.75) is 13.3 Å². The van der Waals surface area contributed by atoms with Gasteiger partial charge in [0, 0.05) is 12.3 Å². The zero-order chi connectivity index (χ0) is 14.1. The monoisotopic (exact) mass is 304 g/mol. The summed E-state index contributed by atoms with van der Waals surface area (Å²) in [6.07, 6.45) is 0.709. The topological polar surface area (TPSA) is 17.8 Å². The predicted octanol–water partition coefficient (Wildman–Crippen LogP) is 4.77. The fraction of sp³-hybridized carbons (Fsp3) is 0.188. The third-order valence-corrected chi connectivity index (χ3v) is 3.88. The molecule has 0 aliphatic rings. The van der Waals surface area contributed by atoms with Crippen molar-refractivity contribution in [3.05, 3.63) is 58.9 Å². The zero-order valence-corrected chi connectivity index (χ0v) is 12.6. The fourth-order valence-electron chi connectivity index (χ4n) is 2.44. The molecule has 0 N–H and O–H groups in total. The van der Waals surface area contributed by atoms with Crippen LogP contribution in [0.5, 0.6) is 0 Å². The van der Waals surface area contributed by atoms with Crippen LogP contribution >= 0.6 is 23.2 Å². The number of aromatic nitrogens is 2. The molecule has 0 aliphatic carbocycles. The molecule has 0 aliphatic heterocycles. The van der Waals surface area contributed by atoms with Crippen LogP contribution in [0.2, 0.25) is 5.02 Å². The molecule has 4 heteroatoms. The average molecular weight is 305 g/mol. The molecule has 0 saturated heterocycles. The minimum absolute atomic E-state index is 0.535. The summed E-state index contributed by atoms with van der Waals surface area (Å²) in [5.41, 5.74) is 4.18. The molecule has 1 heterocycles. The van der Waals surface area contributed by atoms with Crippen molar-refractivity contribution in [2.24, 2.45) is 0 Å². The highest BCUT2D eigenvalue weighted by Crippen LogP contribution is 2.28. The number of hydrogen-bond acceptors (Lipinski definition) is 1. The molecular weight excluding hydrogens is 291 g/mol. The van der Waals surface area contributed by atoms with Gasteiger partial charge < -0.3 is 0 Å². The Balaban J connectivity index is 2.35. The van der Waals surface area contributed by atoms with Gasteiger partial charge in [-0.15, -0.1) is 11.6 Å². The fourth-order valence-corrected chi connectivity index (χ4v) is 2.83. The Morgan fingerprint density at radius 1 is 1.10 bits per heavy atom. The Morgan fingerprint density at radius 3 is 2.65 bits per heavy atom. The van der Waals surface area contributed by atoms with Gasteiger partial charge >= 0.3 is 0 Å². The van der Waals surface area contributed by atoms with Gasteiger partial charge in [-0.25, -0.2) is 4.98 Å². The van der Waals surface area contributed by atoms with E-state index in [4.69, 9.17) is 28.2 Å². The lowest BCUT2D eigenvalue weighted by Crippen LogP contribution is -2.02. The second-order valence-corrected chi connectivity index (χ2v) is 5.48. The summed E-state index contributed by atoms with van der Waals surface area (Å²) in [5.74, 6) is 1.48. The molecule has 0 fully saturated rings. The summed E-state index contributed by atoms with van der Waals surface area (Å²) < 4.78 is 2.10. The van der Waals surface area contributed by atoms with Crippen molar-refractivity contribution in [1.82, 2.24) is 9.55 Å². The van der Waals surface area contributed by atoms with Crippen LogP contribution in [0.25, 0.3) is 16.7 Å². The van der Waals surface area contributed by atoms with Gasteiger partial charge in [0.2, 0.25) is 0 Å². The lowest BCUT2D eigenvalue weighted by Gasteiger charge is -2.10. The Morgan fingerprint density at radius 2 is 1.90 bits per heavy atom. The van der Waals surface area contributed by atoms with Crippen molar-refractivity contribution in [1.29, 1.82) is 0 Å². The molecular formula is C16H14Cl2N2. The summed E-state index contributed by atoms with van der Waals surface area (Å²) in [4.78, 5) is 4.74. The second kappa shape index (κ2) is 5.47. The first-order valence-corrected chi connectivity index (χ1v) is 7.41. The molecule has 1 aromatic heterocycles. The maximum absolute atomic E-state index is 6.35. The van der Waals surface area contributed by atoms with Crippen LogP contribution in [0.1, 0.15) is 11.4 Å². The van der Waals surface area contributed by atoms with Crippen LogP contribution in [0.15, 0.2) is 42.5 Å². The number of imidazole rings is 1. The highest BCUT2D eigenvalue weighted by Gasteiger charge is 2.14. The highest BCUT2D eigenvalue weighted by molar-refractivity contribution is 6.32. The van der Waals surface area contributed by atoms with Crippen LogP contribution in [-0.4, -0.2) is 15.4 Å². The molecule has 3 rings (SSSR count). The number of fused-ring (bicyclic) bond motifs is 1. The predicted molar refractivity (Wildman–Crippen MR) is 85.2 cm³/mol. The summed E-state index contributed by atoms with van der Waals surface area (Å²) in [5, 5.41) is 0.712. The minimum atomic E-state index is 0.535. The molecule has 0 bridgehead atoms. The van der Waals surface area contributed by atoms with E-state index in [-0.39, 0.29) is 0 Å². The van der Waals surface area contributed by atoms with Crippen LogP contribution in [-0.2, 0) is 6.42 Å². The van der Waals surface area contributed by atoms with Gasteiger partial charge in [-0.2, -0.15) is 0 Å². The molecule has 20 heavy (non-hydrogen) atoms. The molecule has 0 atom stereocenters. The average Bonchev–Trinajstić information content (AvgIpc) is 2.80. The van der Waals surface area contributed by atoms with E-state index in [1.165, 1.54) is 0 Å². The van der Waals surface area contributed by atoms with E-state index in [9.17, 15) is 0 Å². The lowest BCUT2D eigenvalue weighted by molar-refractivity contribution is 0.912. The lowest BCUT2D eigenvalue weighted by atomic mass is 10.2. The van der Waals surface area contributed by atoms with Crippen LogP contribution in [0.4, 0.5) is 0 Å². The van der Waals surface area contributed by atoms with Crippen LogP contribution < -0.4 is 0 Å². The number of aryl methyl sites for hydroxylation is 2. The van der Waals surface area contributed by atoms with E-state index in [0.717, 1.165) is 28.1 Å². The second-order valence-electron chi connectivity index (χ2n) is 4.70. The molecule has 0 unspecified atom stereocenters. The number of halogens is 2. The Kier molecular flexibility index (Phi) is 3.68. The number of rotatable bonds is 3. The molecule has 2 aromatic carbocycles. The summed E-state index contributed by atoms with van der Waals surface area (Å²) in [6.45, 7) is 2.07. The first-order valence-electron chi connectivity index (χ1n) is 6.50. The summed E-state index contributed by atoms with van der Waals surface area (Å²) in [7, 11) is 0. The van der Waals surface area contributed by atoms with Gasteiger partial charge in [0.15, 0.2) is 0 Å². The number of para-hydroxylation sites is 2. The number of nitrogens with zero attached hydrogens (tertiary/aromatic N) is 2. The van der Waals surface area contributed by atoms with Gasteiger partial charge in [0.1, 0.15) is 5.82 Å². The van der Waals surface area contributed by atoms with E-state index in [1.54, 1.807) is 0 Å². The smallest absolute Gasteiger partial charge is 0.115 e. The quantitative estimate of drug-likeness (QED) is 0.637. The molecule has 0 saturated carbocycles. The maximum atomic E-state index is 6.35. The first-order chi connectivity index (χ1) is 9.72. The van der Waals surface area contributed by atoms with E-state index in [1.807, 2.05) is 30.3 Å². The normalized spacial score (nSPS) is 11.2. The van der Waals surface area contributed by atoms with Crippen molar-refractivity contribution < 1.29 is 0 Å². The Bertz CT molecular complexity index is 762. The van der Waals surface area contributed by atoms with Crippen molar-refractivity contribution >= 4 is 34.2 Å². The van der Waals surface area contributed by atoms with Gasteiger partial charge in [0.05, 0.1) is 21.7 Å². The Hall–Kier alpha value is -1.51. The first kappa shape index (κ1) is 13.5. The van der Waals surface area contributed by atoms with Gasteiger partial charge in [-0.05, 0) is 30.7 Å². The van der Waals surface area contributed by atoms with E-state index in [2.05, 4.69) is 23.6 Å². The molecule has 0 radical (unpaired) electrons. The maximum Gasteiger partial charge on any atom is 0.115 e.